The fourth-order valence-corrected chi connectivity index (χ4v) is 2.20. The number of anilines is 1. The molecular formula is C14H15N3O3S. The molecule has 0 saturated heterocycles. The Bertz CT molecular complexity index is 637. The van der Waals surface area contributed by atoms with Crippen LogP contribution < -0.4 is 10.1 Å². The Kier molecular flexibility index (Phi) is 4.99. The molecule has 0 aliphatic heterocycles. The summed E-state index contributed by atoms with van der Waals surface area (Å²) < 4.78 is 5.35. The molecule has 21 heavy (non-hydrogen) atoms. The number of ketones is 1. The number of carbonyl (C=O) groups is 2. The zero-order chi connectivity index (χ0) is 15.2. The van der Waals surface area contributed by atoms with Gasteiger partial charge in [0, 0.05) is 12.0 Å². The molecule has 0 radical (unpaired) electrons. The standard InChI is InChI=1S/C14H15N3O3S/c1-3-12(18)10-4-6-11(7-5-10)20-8-13(19)15-14-17-16-9(2)21-14/h4-7H,3,8H2,1-2H3,(H,15,17,19). The number of hydrogen-bond donors (Lipinski definition) is 1. The molecule has 0 unspecified atom stereocenters. The van der Waals surface area contributed by atoms with Gasteiger partial charge in [-0.1, -0.05) is 18.3 Å². The lowest BCUT2D eigenvalue weighted by Gasteiger charge is -2.06. The average molecular weight is 305 g/mol. The van der Waals surface area contributed by atoms with Crippen molar-refractivity contribution in [1.82, 2.24) is 10.2 Å². The highest BCUT2D eigenvalue weighted by atomic mass is 32.1. The van der Waals surface area contributed by atoms with Gasteiger partial charge in [-0.25, -0.2) is 0 Å². The van der Waals surface area contributed by atoms with Crippen molar-refractivity contribution in [2.75, 3.05) is 11.9 Å². The number of Topliss-reactive ketones (excluding diaryl/α,β-unsaturated/α-hetero) is 1. The number of ether oxygens (including phenoxy) is 1. The van der Waals surface area contributed by atoms with E-state index < -0.39 is 0 Å². The highest BCUT2D eigenvalue weighted by Gasteiger charge is 2.08. The van der Waals surface area contributed by atoms with Crippen molar-refractivity contribution < 1.29 is 14.3 Å². The van der Waals surface area contributed by atoms with Crippen molar-refractivity contribution in [3.05, 3.63) is 34.8 Å². The second-order valence-electron chi connectivity index (χ2n) is 4.26. The first-order valence-corrected chi connectivity index (χ1v) is 7.26. The predicted octanol–water partition coefficient (Wildman–Crippen LogP) is 2.46. The van der Waals surface area contributed by atoms with Crippen LogP contribution in [0.25, 0.3) is 0 Å². The molecule has 0 aliphatic carbocycles. The number of rotatable bonds is 6. The molecule has 7 heteroatoms. The van der Waals surface area contributed by atoms with E-state index in [1.54, 1.807) is 24.3 Å². The third-order valence-electron chi connectivity index (χ3n) is 2.64. The van der Waals surface area contributed by atoms with Crippen molar-refractivity contribution in [3.63, 3.8) is 0 Å². The van der Waals surface area contributed by atoms with Gasteiger partial charge in [0.15, 0.2) is 12.4 Å². The molecule has 1 N–H and O–H groups in total. The zero-order valence-corrected chi connectivity index (χ0v) is 12.6. The van der Waals surface area contributed by atoms with Crippen LogP contribution in [0.3, 0.4) is 0 Å². The van der Waals surface area contributed by atoms with E-state index in [1.807, 2.05) is 13.8 Å². The maximum atomic E-state index is 11.7. The molecule has 2 rings (SSSR count). The molecule has 0 aliphatic rings. The lowest BCUT2D eigenvalue weighted by Crippen LogP contribution is -2.20. The number of nitrogens with one attached hydrogen (secondary N) is 1. The first-order chi connectivity index (χ1) is 10.1. The summed E-state index contributed by atoms with van der Waals surface area (Å²) in [4.78, 5) is 23.1. The zero-order valence-electron chi connectivity index (χ0n) is 11.8. The molecule has 0 spiro atoms. The van der Waals surface area contributed by atoms with Crippen LogP contribution in [0, 0.1) is 6.92 Å². The molecule has 1 amide bonds. The maximum absolute atomic E-state index is 11.7. The lowest BCUT2D eigenvalue weighted by molar-refractivity contribution is -0.118. The summed E-state index contributed by atoms with van der Waals surface area (Å²) >= 11 is 1.30. The molecule has 0 atom stereocenters. The second-order valence-corrected chi connectivity index (χ2v) is 5.45. The molecule has 1 heterocycles. The molecule has 0 saturated carbocycles. The van der Waals surface area contributed by atoms with E-state index in [0.29, 0.717) is 22.9 Å². The van der Waals surface area contributed by atoms with E-state index in [0.717, 1.165) is 5.01 Å². The molecule has 1 aromatic carbocycles. The Morgan fingerprint density at radius 2 is 1.95 bits per heavy atom. The van der Waals surface area contributed by atoms with E-state index in [1.165, 1.54) is 11.3 Å². The van der Waals surface area contributed by atoms with E-state index in [9.17, 15) is 9.59 Å². The van der Waals surface area contributed by atoms with Crippen molar-refractivity contribution in [3.8, 4) is 5.75 Å². The minimum Gasteiger partial charge on any atom is -0.484 e. The van der Waals surface area contributed by atoms with Gasteiger partial charge in [0.25, 0.3) is 5.91 Å². The van der Waals surface area contributed by atoms with E-state index in [-0.39, 0.29) is 18.3 Å². The molecule has 110 valence electrons. The summed E-state index contributed by atoms with van der Waals surface area (Å²) in [6.07, 6.45) is 0.462. The number of aryl methyl sites for hydroxylation is 1. The third-order valence-corrected chi connectivity index (χ3v) is 3.39. The highest BCUT2D eigenvalue weighted by Crippen LogP contribution is 2.15. The lowest BCUT2D eigenvalue weighted by atomic mass is 10.1. The molecule has 0 fully saturated rings. The number of aromatic nitrogens is 2. The summed E-state index contributed by atoms with van der Waals surface area (Å²) in [5.74, 6) is 0.303. The number of benzene rings is 1. The Morgan fingerprint density at radius 1 is 1.24 bits per heavy atom. The van der Waals surface area contributed by atoms with Crippen LogP contribution in [0.2, 0.25) is 0 Å². The molecule has 1 aromatic heterocycles. The average Bonchev–Trinajstić information content (AvgIpc) is 2.90. The maximum Gasteiger partial charge on any atom is 0.264 e. The number of amides is 1. The molecule has 0 bridgehead atoms. The molecule has 2 aromatic rings. The second kappa shape index (κ2) is 6.94. The van der Waals surface area contributed by atoms with Gasteiger partial charge in [-0.2, -0.15) is 0 Å². The number of hydrogen-bond acceptors (Lipinski definition) is 6. The van der Waals surface area contributed by atoms with Crippen LogP contribution in [-0.4, -0.2) is 28.5 Å². The predicted molar refractivity (Wildman–Crippen MR) is 79.8 cm³/mol. The Morgan fingerprint density at radius 3 is 2.52 bits per heavy atom. The fraction of sp³-hybridized carbons (Fsp3) is 0.286. The van der Waals surface area contributed by atoms with Crippen LogP contribution in [-0.2, 0) is 4.79 Å². The number of carbonyl (C=O) groups excluding carboxylic acids is 2. The van der Waals surface area contributed by atoms with Gasteiger partial charge < -0.3 is 4.74 Å². The quantitative estimate of drug-likeness (QED) is 0.829. The summed E-state index contributed by atoms with van der Waals surface area (Å²) in [6, 6.07) is 6.72. The van der Waals surface area contributed by atoms with Crippen LogP contribution in [0.15, 0.2) is 24.3 Å². The minimum atomic E-state index is -0.306. The third kappa shape index (κ3) is 4.35. The van der Waals surface area contributed by atoms with E-state index in [4.69, 9.17) is 4.74 Å². The number of nitrogens with zero attached hydrogens (tertiary/aromatic N) is 2. The largest absolute Gasteiger partial charge is 0.484 e. The highest BCUT2D eigenvalue weighted by molar-refractivity contribution is 7.15. The van der Waals surface area contributed by atoms with E-state index >= 15 is 0 Å². The van der Waals surface area contributed by atoms with E-state index in [2.05, 4.69) is 15.5 Å². The van der Waals surface area contributed by atoms with Crippen LogP contribution in [0.5, 0.6) is 5.75 Å². The summed E-state index contributed by atoms with van der Waals surface area (Å²) in [5.41, 5.74) is 0.638. The van der Waals surface area contributed by atoms with Crippen molar-refractivity contribution in [2.45, 2.75) is 20.3 Å². The topological polar surface area (TPSA) is 81.2 Å². The Balaban J connectivity index is 1.85. The first kappa shape index (κ1) is 15.1. The van der Waals surface area contributed by atoms with Gasteiger partial charge in [0.2, 0.25) is 5.13 Å². The van der Waals surface area contributed by atoms with Gasteiger partial charge >= 0.3 is 0 Å². The van der Waals surface area contributed by atoms with Gasteiger partial charge in [-0.15, -0.1) is 10.2 Å². The fourth-order valence-electron chi connectivity index (χ4n) is 1.59. The van der Waals surface area contributed by atoms with Crippen molar-refractivity contribution in [2.24, 2.45) is 0 Å². The van der Waals surface area contributed by atoms with Crippen molar-refractivity contribution in [1.29, 1.82) is 0 Å². The SMILES string of the molecule is CCC(=O)c1ccc(OCC(=O)Nc2nnc(C)s2)cc1. The van der Waals surface area contributed by atoms with Crippen molar-refractivity contribution >= 4 is 28.2 Å². The summed E-state index contributed by atoms with van der Waals surface area (Å²) in [6.45, 7) is 3.49. The van der Waals surface area contributed by atoms with Gasteiger partial charge in [0.05, 0.1) is 0 Å². The van der Waals surface area contributed by atoms with Gasteiger partial charge in [-0.05, 0) is 31.2 Å². The van der Waals surface area contributed by atoms with Crippen LogP contribution >= 0.6 is 11.3 Å². The molecular weight excluding hydrogens is 290 g/mol. The van der Waals surface area contributed by atoms with Gasteiger partial charge in [-0.3, -0.25) is 14.9 Å². The Labute approximate surface area is 126 Å². The minimum absolute atomic E-state index is 0.0749. The monoisotopic (exact) mass is 305 g/mol. The Hall–Kier alpha value is -2.28. The first-order valence-electron chi connectivity index (χ1n) is 6.44. The smallest absolute Gasteiger partial charge is 0.264 e. The normalized spacial score (nSPS) is 10.2. The van der Waals surface area contributed by atoms with Crippen LogP contribution in [0.4, 0.5) is 5.13 Å². The summed E-state index contributed by atoms with van der Waals surface area (Å²) in [7, 11) is 0. The van der Waals surface area contributed by atoms with Crippen LogP contribution in [0.1, 0.15) is 28.7 Å². The van der Waals surface area contributed by atoms with Gasteiger partial charge in [0.1, 0.15) is 10.8 Å². The summed E-state index contributed by atoms with van der Waals surface area (Å²) in [5, 5.41) is 11.4. The molecule has 6 nitrogen and oxygen atoms in total.